The predicted molar refractivity (Wildman–Crippen MR) is 76.4 cm³/mol. The van der Waals surface area contributed by atoms with Crippen LogP contribution in [0.2, 0.25) is 0 Å². The van der Waals surface area contributed by atoms with Crippen LogP contribution in [0.1, 0.15) is 29.7 Å². The number of alkyl halides is 2. The zero-order valence-electron chi connectivity index (χ0n) is 12.1. The van der Waals surface area contributed by atoms with E-state index in [1.165, 1.54) is 31.3 Å². The largest absolute Gasteiger partial charge is 0.389 e. The SMILES string of the molecule is C[C@H](O)c1cccc2c1C(F)(F)C(=O)N2Cc1cncc(F)c1. The lowest BCUT2D eigenvalue weighted by atomic mass is 9.98. The summed E-state index contributed by atoms with van der Waals surface area (Å²) in [4.78, 5) is 16.7. The number of pyridine rings is 1. The first kappa shape index (κ1) is 15.5. The molecule has 0 fully saturated rings. The fourth-order valence-electron chi connectivity index (χ4n) is 2.74. The molecule has 120 valence electrons. The molecule has 0 saturated carbocycles. The highest BCUT2D eigenvalue weighted by atomic mass is 19.3. The molecule has 0 spiro atoms. The molecule has 0 saturated heterocycles. The molecule has 3 rings (SSSR count). The average Bonchev–Trinajstić information content (AvgIpc) is 2.68. The van der Waals surface area contributed by atoms with Gasteiger partial charge in [-0.3, -0.25) is 9.78 Å². The van der Waals surface area contributed by atoms with E-state index in [9.17, 15) is 23.1 Å². The van der Waals surface area contributed by atoms with Crippen molar-refractivity contribution >= 4 is 11.6 Å². The van der Waals surface area contributed by atoms with Crippen molar-refractivity contribution in [3.63, 3.8) is 0 Å². The number of hydrogen-bond acceptors (Lipinski definition) is 3. The number of aliphatic hydroxyl groups is 1. The number of fused-ring (bicyclic) bond motifs is 1. The van der Waals surface area contributed by atoms with Crippen molar-refractivity contribution in [1.82, 2.24) is 4.98 Å². The topological polar surface area (TPSA) is 53.4 Å². The second-order valence-electron chi connectivity index (χ2n) is 5.39. The quantitative estimate of drug-likeness (QED) is 0.945. The van der Waals surface area contributed by atoms with Crippen LogP contribution in [0.25, 0.3) is 0 Å². The number of hydrogen-bond donors (Lipinski definition) is 1. The predicted octanol–water partition coefficient (Wildman–Crippen LogP) is 2.91. The van der Waals surface area contributed by atoms with Gasteiger partial charge in [-0.2, -0.15) is 8.78 Å². The monoisotopic (exact) mass is 322 g/mol. The Labute approximate surface area is 130 Å². The van der Waals surface area contributed by atoms with Crippen LogP contribution in [-0.4, -0.2) is 16.0 Å². The molecule has 7 heteroatoms. The van der Waals surface area contributed by atoms with E-state index >= 15 is 0 Å². The number of halogens is 3. The van der Waals surface area contributed by atoms with Crippen molar-refractivity contribution in [3.8, 4) is 0 Å². The highest BCUT2D eigenvalue weighted by Gasteiger charge is 2.54. The van der Waals surface area contributed by atoms with Crippen LogP contribution in [0.4, 0.5) is 18.9 Å². The van der Waals surface area contributed by atoms with Crippen LogP contribution in [0.15, 0.2) is 36.7 Å². The standard InChI is InChI=1S/C16H13F3N2O2/c1-9(22)12-3-2-4-13-14(12)16(18,19)15(23)21(13)8-10-5-11(17)7-20-6-10/h2-7,9,22H,8H2,1H3/t9-/m0/s1. The van der Waals surface area contributed by atoms with E-state index in [1.54, 1.807) is 0 Å². The summed E-state index contributed by atoms with van der Waals surface area (Å²) < 4.78 is 42.0. The van der Waals surface area contributed by atoms with Gasteiger partial charge in [-0.05, 0) is 30.2 Å². The third-order valence-corrected chi connectivity index (χ3v) is 3.75. The summed E-state index contributed by atoms with van der Waals surface area (Å²) in [5, 5.41) is 9.70. The van der Waals surface area contributed by atoms with Gasteiger partial charge in [0.2, 0.25) is 0 Å². The van der Waals surface area contributed by atoms with Crippen molar-refractivity contribution in [3.05, 3.63) is 59.2 Å². The van der Waals surface area contributed by atoms with Crippen LogP contribution in [0, 0.1) is 5.82 Å². The molecule has 0 bridgehead atoms. The zero-order valence-corrected chi connectivity index (χ0v) is 12.1. The number of rotatable bonds is 3. The number of nitrogens with zero attached hydrogens (tertiary/aromatic N) is 2. The van der Waals surface area contributed by atoms with Gasteiger partial charge in [0, 0.05) is 6.20 Å². The molecule has 0 radical (unpaired) electrons. The molecule has 1 aliphatic heterocycles. The van der Waals surface area contributed by atoms with Crippen LogP contribution in [0.5, 0.6) is 0 Å². The Morgan fingerprint density at radius 2 is 2.09 bits per heavy atom. The van der Waals surface area contributed by atoms with E-state index in [4.69, 9.17) is 0 Å². The Bertz CT molecular complexity index is 778. The number of benzene rings is 1. The Hall–Kier alpha value is -2.41. The lowest BCUT2D eigenvalue weighted by Gasteiger charge is -2.17. The fourth-order valence-corrected chi connectivity index (χ4v) is 2.74. The summed E-state index contributed by atoms with van der Waals surface area (Å²) in [6.07, 6.45) is 1.16. The number of amides is 1. The second-order valence-corrected chi connectivity index (χ2v) is 5.39. The molecule has 1 atom stereocenters. The van der Waals surface area contributed by atoms with E-state index < -0.39 is 29.3 Å². The van der Waals surface area contributed by atoms with Gasteiger partial charge in [-0.25, -0.2) is 4.39 Å². The van der Waals surface area contributed by atoms with Gasteiger partial charge < -0.3 is 10.0 Å². The Morgan fingerprint density at radius 3 is 2.74 bits per heavy atom. The van der Waals surface area contributed by atoms with E-state index in [2.05, 4.69) is 4.98 Å². The second kappa shape index (κ2) is 5.34. The number of carbonyl (C=O) groups excluding carboxylic acids is 1. The molecule has 1 N–H and O–H groups in total. The van der Waals surface area contributed by atoms with Crippen LogP contribution < -0.4 is 4.90 Å². The van der Waals surface area contributed by atoms with Crippen molar-refractivity contribution in [2.24, 2.45) is 0 Å². The molecule has 1 amide bonds. The number of carbonyl (C=O) groups is 1. The van der Waals surface area contributed by atoms with E-state index in [-0.39, 0.29) is 17.8 Å². The lowest BCUT2D eigenvalue weighted by molar-refractivity contribution is -0.141. The minimum atomic E-state index is -3.73. The minimum Gasteiger partial charge on any atom is -0.389 e. The summed E-state index contributed by atoms with van der Waals surface area (Å²) in [6, 6.07) is 5.37. The van der Waals surface area contributed by atoms with Gasteiger partial charge in [0.15, 0.2) is 0 Å². The molecule has 1 aromatic carbocycles. The van der Waals surface area contributed by atoms with E-state index in [0.29, 0.717) is 5.56 Å². The highest BCUT2D eigenvalue weighted by molar-refractivity contribution is 6.06. The van der Waals surface area contributed by atoms with Crippen LogP contribution >= 0.6 is 0 Å². The zero-order chi connectivity index (χ0) is 16.8. The minimum absolute atomic E-state index is 0.000664. The highest BCUT2D eigenvalue weighted by Crippen LogP contribution is 2.47. The maximum absolute atomic E-state index is 14.4. The third-order valence-electron chi connectivity index (χ3n) is 3.75. The maximum Gasteiger partial charge on any atom is 0.352 e. The van der Waals surface area contributed by atoms with Crippen molar-refractivity contribution in [1.29, 1.82) is 0 Å². The van der Waals surface area contributed by atoms with Gasteiger partial charge >= 0.3 is 11.8 Å². The van der Waals surface area contributed by atoms with Crippen LogP contribution in [-0.2, 0) is 17.3 Å². The molecular weight excluding hydrogens is 309 g/mol. The van der Waals surface area contributed by atoms with Crippen LogP contribution in [0.3, 0.4) is 0 Å². The van der Waals surface area contributed by atoms with Crippen molar-refractivity contribution in [2.45, 2.75) is 25.5 Å². The molecule has 2 heterocycles. The van der Waals surface area contributed by atoms with Crippen molar-refractivity contribution in [2.75, 3.05) is 4.90 Å². The van der Waals surface area contributed by atoms with E-state index in [0.717, 1.165) is 17.2 Å². The average molecular weight is 322 g/mol. The van der Waals surface area contributed by atoms with Gasteiger partial charge in [0.25, 0.3) is 0 Å². The Morgan fingerprint density at radius 1 is 1.35 bits per heavy atom. The first-order valence-corrected chi connectivity index (χ1v) is 6.93. The molecule has 4 nitrogen and oxygen atoms in total. The molecule has 1 aromatic heterocycles. The van der Waals surface area contributed by atoms with Gasteiger partial charge in [-0.15, -0.1) is 0 Å². The third kappa shape index (κ3) is 2.46. The van der Waals surface area contributed by atoms with E-state index in [1.807, 2.05) is 0 Å². The first-order chi connectivity index (χ1) is 10.8. The molecule has 0 aliphatic carbocycles. The molecule has 23 heavy (non-hydrogen) atoms. The van der Waals surface area contributed by atoms with Crippen molar-refractivity contribution < 1.29 is 23.1 Å². The first-order valence-electron chi connectivity index (χ1n) is 6.93. The molecular formula is C16H13F3N2O2. The maximum atomic E-state index is 14.4. The number of anilines is 1. The van der Waals surface area contributed by atoms with Gasteiger partial charge in [0.05, 0.1) is 30.1 Å². The summed E-state index contributed by atoms with van der Waals surface area (Å²) >= 11 is 0. The van der Waals surface area contributed by atoms with Gasteiger partial charge in [-0.1, -0.05) is 12.1 Å². The normalized spacial score (nSPS) is 17.3. The molecule has 0 unspecified atom stereocenters. The fraction of sp³-hybridized carbons (Fsp3) is 0.250. The Kier molecular flexibility index (Phi) is 3.60. The smallest absolute Gasteiger partial charge is 0.352 e. The molecule has 1 aliphatic rings. The number of aliphatic hydroxyl groups excluding tert-OH is 1. The lowest BCUT2D eigenvalue weighted by Crippen LogP contribution is -2.34. The Balaban J connectivity index is 2.08. The summed E-state index contributed by atoms with van der Waals surface area (Å²) in [7, 11) is 0. The number of aromatic nitrogens is 1. The molecule has 2 aromatic rings. The van der Waals surface area contributed by atoms with Gasteiger partial charge in [0.1, 0.15) is 5.82 Å². The summed E-state index contributed by atoms with van der Waals surface area (Å²) in [5.41, 5.74) is -0.183. The summed E-state index contributed by atoms with van der Waals surface area (Å²) in [6.45, 7) is 1.13. The summed E-state index contributed by atoms with van der Waals surface area (Å²) in [5.74, 6) is -5.74.